The van der Waals surface area contributed by atoms with E-state index in [4.69, 9.17) is 11.6 Å². The van der Waals surface area contributed by atoms with Crippen molar-refractivity contribution in [3.05, 3.63) is 34.6 Å². The molecule has 2 rings (SSSR count). The van der Waals surface area contributed by atoms with Crippen LogP contribution in [0.15, 0.2) is 12.3 Å². The molecule has 2 aromatic heterocycles. The van der Waals surface area contributed by atoms with E-state index in [0.29, 0.717) is 5.82 Å². The maximum absolute atomic E-state index is 12.9. The molecule has 0 aromatic carbocycles. The van der Waals surface area contributed by atoms with Crippen LogP contribution in [0, 0.1) is 12.7 Å². The Kier molecular flexibility index (Phi) is 3.01. The number of hydrogen-bond donors (Lipinski definition) is 2. The molecule has 8 heteroatoms. The van der Waals surface area contributed by atoms with Gasteiger partial charge in [0.1, 0.15) is 16.8 Å². The maximum atomic E-state index is 12.9. The highest BCUT2D eigenvalue weighted by atomic mass is 35.5. The number of rotatable bonds is 2. The minimum atomic E-state index is -0.647. The highest BCUT2D eigenvalue weighted by Gasteiger charge is 2.14. The molecule has 0 fully saturated rings. The van der Waals surface area contributed by atoms with Gasteiger partial charge in [-0.2, -0.15) is 4.98 Å². The summed E-state index contributed by atoms with van der Waals surface area (Å²) in [5.74, 6) is -0.636. The van der Waals surface area contributed by atoms with E-state index in [2.05, 4.69) is 25.5 Å². The fourth-order valence-electron chi connectivity index (χ4n) is 1.15. The smallest absolute Gasteiger partial charge is 0.261 e. The molecule has 0 atom stereocenters. The molecule has 0 aliphatic carbocycles. The second-order valence-corrected chi connectivity index (χ2v) is 3.55. The highest BCUT2D eigenvalue weighted by molar-refractivity contribution is 6.33. The van der Waals surface area contributed by atoms with Crippen LogP contribution in [0.5, 0.6) is 0 Å². The lowest BCUT2D eigenvalue weighted by Gasteiger charge is -2.02. The Morgan fingerprint density at radius 3 is 3.00 bits per heavy atom. The molecular weight excluding hydrogens is 249 g/mol. The Balaban J connectivity index is 2.22. The molecule has 2 aromatic rings. The zero-order valence-corrected chi connectivity index (χ0v) is 9.42. The molecule has 2 N–H and O–H groups in total. The number of aromatic nitrogens is 4. The van der Waals surface area contributed by atoms with Crippen LogP contribution in [0.1, 0.15) is 16.2 Å². The van der Waals surface area contributed by atoms with Crippen molar-refractivity contribution in [2.24, 2.45) is 0 Å². The molecule has 0 aliphatic rings. The third kappa shape index (κ3) is 2.56. The predicted octanol–water partition coefficient (Wildman–Crippen LogP) is 1.55. The lowest BCUT2D eigenvalue weighted by Crippen LogP contribution is -2.14. The van der Waals surface area contributed by atoms with Crippen LogP contribution in [0.2, 0.25) is 5.15 Å². The van der Waals surface area contributed by atoms with Gasteiger partial charge in [-0.3, -0.25) is 15.2 Å². The summed E-state index contributed by atoms with van der Waals surface area (Å²) in [5, 5.41) is 8.54. The Morgan fingerprint density at radius 2 is 2.35 bits per heavy atom. The summed E-state index contributed by atoms with van der Waals surface area (Å²) in [7, 11) is 0. The van der Waals surface area contributed by atoms with Crippen molar-refractivity contribution in [3.8, 4) is 0 Å². The summed E-state index contributed by atoms with van der Waals surface area (Å²) >= 11 is 5.68. The molecule has 0 saturated carbocycles. The number of aryl methyl sites for hydroxylation is 1. The first-order valence-electron chi connectivity index (χ1n) is 4.57. The van der Waals surface area contributed by atoms with Gasteiger partial charge in [0, 0.05) is 0 Å². The molecule has 0 saturated heterocycles. The van der Waals surface area contributed by atoms with Crippen molar-refractivity contribution in [1.82, 2.24) is 20.2 Å². The zero-order valence-electron chi connectivity index (χ0n) is 8.66. The number of amides is 1. The number of aromatic amines is 1. The fraction of sp³-hybridized carbons (Fsp3) is 0.111. The second-order valence-electron chi connectivity index (χ2n) is 3.19. The molecule has 0 unspecified atom stereocenters. The van der Waals surface area contributed by atoms with Crippen LogP contribution >= 0.6 is 11.6 Å². The van der Waals surface area contributed by atoms with Gasteiger partial charge < -0.3 is 0 Å². The van der Waals surface area contributed by atoms with Gasteiger partial charge in [0.25, 0.3) is 5.91 Å². The molecule has 2 heterocycles. The first-order valence-corrected chi connectivity index (χ1v) is 4.95. The van der Waals surface area contributed by atoms with Crippen molar-refractivity contribution in [3.63, 3.8) is 0 Å². The first-order chi connectivity index (χ1) is 8.06. The third-order valence-electron chi connectivity index (χ3n) is 1.87. The average Bonchev–Trinajstić information content (AvgIpc) is 2.67. The number of nitrogens with zero attached hydrogens (tertiary/aromatic N) is 3. The van der Waals surface area contributed by atoms with E-state index in [1.165, 1.54) is 0 Å². The molecule has 0 bridgehead atoms. The van der Waals surface area contributed by atoms with Crippen LogP contribution in [0.25, 0.3) is 0 Å². The van der Waals surface area contributed by atoms with Crippen LogP contribution in [-0.2, 0) is 0 Å². The normalized spacial score (nSPS) is 10.3. The van der Waals surface area contributed by atoms with Crippen molar-refractivity contribution >= 4 is 23.5 Å². The molecule has 0 spiro atoms. The largest absolute Gasteiger partial charge is 0.289 e. The summed E-state index contributed by atoms with van der Waals surface area (Å²) < 4.78 is 12.9. The van der Waals surface area contributed by atoms with E-state index in [0.717, 1.165) is 12.3 Å². The van der Waals surface area contributed by atoms with Gasteiger partial charge >= 0.3 is 0 Å². The lowest BCUT2D eigenvalue weighted by molar-refractivity contribution is 0.102. The predicted molar refractivity (Wildman–Crippen MR) is 58.3 cm³/mol. The SMILES string of the molecule is Cc1nc(NC(=O)c2cc(F)cnc2Cl)n[nH]1. The Labute approximate surface area is 100 Å². The number of carbonyl (C=O) groups excluding carboxylic acids is 1. The van der Waals surface area contributed by atoms with Crippen LogP contribution in [0.3, 0.4) is 0 Å². The molecule has 17 heavy (non-hydrogen) atoms. The van der Waals surface area contributed by atoms with E-state index in [1.807, 2.05) is 0 Å². The van der Waals surface area contributed by atoms with Gasteiger partial charge in [-0.05, 0) is 13.0 Å². The number of carbonyl (C=O) groups is 1. The number of anilines is 1. The quantitative estimate of drug-likeness (QED) is 0.798. The van der Waals surface area contributed by atoms with Gasteiger partial charge in [0.2, 0.25) is 5.95 Å². The Bertz CT molecular complexity index is 570. The van der Waals surface area contributed by atoms with Crippen molar-refractivity contribution in [2.75, 3.05) is 5.32 Å². The topological polar surface area (TPSA) is 83.6 Å². The fourth-order valence-corrected chi connectivity index (χ4v) is 1.34. The molecule has 6 nitrogen and oxygen atoms in total. The van der Waals surface area contributed by atoms with Gasteiger partial charge in [-0.25, -0.2) is 9.37 Å². The van der Waals surface area contributed by atoms with Gasteiger partial charge in [-0.15, -0.1) is 5.10 Å². The van der Waals surface area contributed by atoms with E-state index in [9.17, 15) is 9.18 Å². The average molecular weight is 256 g/mol. The number of halogens is 2. The number of pyridine rings is 1. The summed E-state index contributed by atoms with van der Waals surface area (Å²) in [6.45, 7) is 1.68. The molecular formula is C9H7ClFN5O. The van der Waals surface area contributed by atoms with E-state index >= 15 is 0 Å². The minimum Gasteiger partial charge on any atom is -0.289 e. The summed E-state index contributed by atoms with van der Waals surface area (Å²) in [5.41, 5.74) is -0.0749. The van der Waals surface area contributed by atoms with Gasteiger partial charge in [0.05, 0.1) is 11.8 Å². The van der Waals surface area contributed by atoms with Gasteiger partial charge in [-0.1, -0.05) is 11.6 Å². The van der Waals surface area contributed by atoms with E-state index in [1.54, 1.807) is 6.92 Å². The zero-order chi connectivity index (χ0) is 12.4. The monoisotopic (exact) mass is 255 g/mol. The van der Waals surface area contributed by atoms with Gasteiger partial charge in [0.15, 0.2) is 0 Å². The Morgan fingerprint density at radius 1 is 1.59 bits per heavy atom. The first kappa shape index (κ1) is 11.5. The number of hydrogen-bond acceptors (Lipinski definition) is 4. The standard InChI is InChI=1S/C9H7ClFN5O/c1-4-13-9(16-15-4)14-8(17)6-2-5(11)3-12-7(6)10/h2-3H,1H3,(H2,13,14,15,16,17). The second kappa shape index (κ2) is 4.46. The summed E-state index contributed by atoms with van der Waals surface area (Å²) in [6, 6.07) is 0.990. The van der Waals surface area contributed by atoms with Crippen LogP contribution in [-0.4, -0.2) is 26.1 Å². The molecule has 88 valence electrons. The van der Waals surface area contributed by atoms with E-state index < -0.39 is 11.7 Å². The number of H-pyrrole nitrogens is 1. The maximum Gasteiger partial charge on any atom is 0.261 e. The Hall–Kier alpha value is -2.02. The third-order valence-corrected chi connectivity index (χ3v) is 2.17. The van der Waals surface area contributed by atoms with Crippen molar-refractivity contribution in [1.29, 1.82) is 0 Å². The lowest BCUT2D eigenvalue weighted by atomic mass is 10.2. The summed E-state index contributed by atoms with van der Waals surface area (Å²) in [6.07, 6.45) is 0.927. The summed E-state index contributed by atoms with van der Waals surface area (Å²) in [4.78, 5) is 19.1. The molecule has 0 aliphatic heterocycles. The highest BCUT2D eigenvalue weighted by Crippen LogP contribution is 2.14. The van der Waals surface area contributed by atoms with Crippen molar-refractivity contribution < 1.29 is 9.18 Å². The van der Waals surface area contributed by atoms with E-state index in [-0.39, 0.29) is 16.7 Å². The minimum absolute atomic E-state index is 0.0749. The molecule has 0 radical (unpaired) electrons. The van der Waals surface area contributed by atoms with Crippen molar-refractivity contribution in [2.45, 2.75) is 6.92 Å². The van der Waals surface area contributed by atoms with Crippen LogP contribution < -0.4 is 5.32 Å². The molecule has 1 amide bonds. The number of nitrogens with one attached hydrogen (secondary N) is 2. The van der Waals surface area contributed by atoms with Crippen LogP contribution in [0.4, 0.5) is 10.3 Å².